The van der Waals surface area contributed by atoms with Crippen LogP contribution >= 0.6 is 0 Å². The first-order valence-electron chi connectivity index (χ1n) is 38.6. The van der Waals surface area contributed by atoms with Crippen molar-refractivity contribution in [3.63, 3.8) is 0 Å². The molecule has 0 atom stereocenters. The van der Waals surface area contributed by atoms with Crippen LogP contribution < -0.4 is 26.2 Å². The second kappa shape index (κ2) is 26.2. The van der Waals surface area contributed by atoms with Gasteiger partial charge in [0.05, 0.1) is 56.7 Å². The third-order valence-corrected chi connectivity index (χ3v) is 23.2. The van der Waals surface area contributed by atoms with Crippen molar-refractivity contribution in [3.05, 3.63) is 355 Å². The highest BCUT2D eigenvalue weighted by Gasteiger charge is 2.47. The van der Waals surface area contributed by atoms with Gasteiger partial charge in [0.25, 0.3) is 6.71 Å². The van der Waals surface area contributed by atoms with E-state index in [0.717, 1.165) is 156 Å². The molecule has 2 aliphatic rings. The average Bonchev–Trinajstić information content (AvgIpc) is 0.988. The van der Waals surface area contributed by atoms with Gasteiger partial charge in [-0.1, -0.05) is 281 Å². The largest absolute Gasteiger partial charge is 0.310 e. The van der Waals surface area contributed by atoms with Crippen LogP contribution in [0.3, 0.4) is 0 Å². The quantitative estimate of drug-likeness (QED) is 0.128. The molecule has 0 fully saturated rings. The van der Waals surface area contributed by atoms with Crippen molar-refractivity contribution in [1.82, 2.24) is 9.13 Å². The predicted octanol–water partition coefficient (Wildman–Crippen LogP) is 25.6. The Morgan fingerprint density at radius 1 is 0.261 bits per heavy atom. The lowest BCUT2D eigenvalue weighted by Gasteiger charge is -2.46. The maximum atomic E-state index is 11.0. The van der Waals surface area contributed by atoms with E-state index in [-0.39, 0.29) is 17.5 Å². The van der Waals surface area contributed by atoms with E-state index in [9.17, 15) is 10.5 Å². The van der Waals surface area contributed by atoms with Crippen molar-refractivity contribution in [2.45, 2.75) is 78.6 Å². The van der Waals surface area contributed by atoms with Crippen LogP contribution in [0.25, 0.3) is 122 Å². The average molecular weight is 1430 g/mol. The Labute approximate surface area is 650 Å². The summed E-state index contributed by atoms with van der Waals surface area (Å²) >= 11 is 0. The van der Waals surface area contributed by atoms with E-state index in [1.165, 1.54) is 32.7 Å². The van der Waals surface area contributed by atoms with Crippen LogP contribution in [0.2, 0.25) is 0 Å². The lowest BCUT2D eigenvalue weighted by molar-refractivity contribution is 0.590. The Morgan fingerprint density at radius 2 is 0.586 bits per heavy atom. The first-order valence-corrected chi connectivity index (χ1v) is 38.6. The molecule has 530 valence electrons. The molecule has 0 unspecified atom stereocenters. The van der Waals surface area contributed by atoms with Gasteiger partial charge >= 0.3 is 0 Å². The first-order chi connectivity index (χ1) is 53.9. The molecular formula is C104H81BN6. The predicted molar refractivity (Wildman–Crippen MR) is 467 cm³/mol. The minimum Gasteiger partial charge on any atom is -0.310 e. The number of hydrogen-bond donors (Lipinski definition) is 0. The molecule has 7 heteroatoms. The number of para-hydroxylation sites is 4. The number of benzene rings is 15. The Hall–Kier alpha value is -13.5. The van der Waals surface area contributed by atoms with Gasteiger partial charge in [0.2, 0.25) is 0 Å². The number of aromatic nitrogens is 2. The van der Waals surface area contributed by atoms with E-state index in [2.05, 4.69) is 397 Å². The van der Waals surface area contributed by atoms with Gasteiger partial charge in [-0.2, -0.15) is 10.5 Å². The zero-order chi connectivity index (χ0) is 75.8. The molecule has 19 rings (SSSR count). The van der Waals surface area contributed by atoms with Crippen LogP contribution in [0.15, 0.2) is 328 Å². The number of fused-ring (bicyclic) bond motifs is 10. The fourth-order valence-corrected chi connectivity index (χ4v) is 17.6. The number of nitrogens with zero attached hydrogens (tertiary/aromatic N) is 6. The lowest BCUT2D eigenvalue weighted by Crippen LogP contribution is -2.61. The fourth-order valence-electron chi connectivity index (χ4n) is 17.6. The molecule has 0 aliphatic carbocycles. The zero-order valence-electron chi connectivity index (χ0n) is 63.9. The van der Waals surface area contributed by atoms with Gasteiger partial charge in [-0.25, -0.2) is 0 Å². The van der Waals surface area contributed by atoms with Crippen molar-refractivity contribution >= 4 is 101 Å². The van der Waals surface area contributed by atoms with E-state index in [4.69, 9.17) is 0 Å². The van der Waals surface area contributed by atoms with Crippen LogP contribution in [0.5, 0.6) is 0 Å². The summed E-state index contributed by atoms with van der Waals surface area (Å²) in [6.45, 7) is 20.4. The normalized spacial score (nSPS) is 12.7. The number of anilines is 6. The minimum absolute atomic E-state index is 0.116. The molecule has 0 saturated carbocycles. The van der Waals surface area contributed by atoms with Gasteiger partial charge in [-0.3, -0.25) is 0 Å². The van der Waals surface area contributed by atoms with Gasteiger partial charge in [0, 0.05) is 77.9 Å². The molecule has 4 heterocycles. The van der Waals surface area contributed by atoms with Gasteiger partial charge in [-0.15, -0.1) is 0 Å². The minimum atomic E-state index is -0.436. The summed E-state index contributed by atoms with van der Waals surface area (Å²) in [6, 6.07) is 126. The van der Waals surface area contributed by atoms with Crippen molar-refractivity contribution in [1.29, 1.82) is 10.5 Å². The zero-order valence-corrected chi connectivity index (χ0v) is 63.9. The highest BCUT2D eigenvalue weighted by Crippen LogP contribution is 2.56. The molecule has 2 aliphatic heterocycles. The molecule has 0 saturated heterocycles. The third kappa shape index (κ3) is 11.4. The molecule has 15 aromatic carbocycles. The Balaban J connectivity index is 1.01. The van der Waals surface area contributed by atoms with Crippen molar-refractivity contribution in [2.75, 3.05) is 9.80 Å². The van der Waals surface area contributed by atoms with Crippen molar-refractivity contribution in [2.24, 2.45) is 0 Å². The van der Waals surface area contributed by atoms with Gasteiger partial charge in [-0.05, 0) is 203 Å². The summed E-state index contributed by atoms with van der Waals surface area (Å²) in [5.74, 6) is 0. The Bertz CT molecular complexity index is 6220. The summed E-state index contributed by atoms with van der Waals surface area (Å²) < 4.78 is 4.92. The van der Waals surface area contributed by atoms with Crippen molar-refractivity contribution in [3.8, 4) is 90.3 Å². The smallest absolute Gasteiger partial charge is 0.252 e. The van der Waals surface area contributed by atoms with Gasteiger partial charge in [0.15, 0.2) is 0 Å². The monoisotopic (exact) mass is 1420 g/mol. The number of hydrogen-bond acceptors (Lipinski definition) is 4. The summed E-state index contributed by atoms with van der Waals surface area (Å²) in [5.41, 5.74) is 32.5. The Kier molecular flexibility index (Phi) is 16.1. The van der Waals surface area contributed by atoms with Gasteiger partial charge < -0.3 is 18.9 Å². The molecule has 0 spiro atoms. The van der Waals surface area contributed by atoms with Crippen molar-refractivity contribution < 1.29 is 0 Å². The van der Waals surface area contributed by atoms with E-state index >= 15 is 0 Å². The lowest BCUT2D eigenvalue weighted by atomic mass is 9.33. The number of nitriles is 2. The molecule has 2 aromatic heterocycles. The second-order valence-electron chi connectivity index (χ2n) is 33.1. The highest BCUT2D eigenvalue weighted by molar-refractivity contribution is 7.00. The van der Waals surface area contributed by atoms with Crippen LogP contribution in [0.4, 0.5) is 34.1 Å². The first kappa shape index (κ1) is 68.1. The van der Waals surface area contributed by atoms with Gasteiger partial charge in [0.1, 0.15) is 0 Å². The molecule has 6 nitrogen and oxygen atoms in total. The molecule has 0 amide bonds. The van der Waals surface area contributed by atoms with E-state index in [0.29, 0.717) is 11.1 Å². The summed E-state index contributed by atoms with van der Waals surface area (Å²) in [7, 11) is 0. The molecule has 17 aromatic rings. The summed E-state index contributed by atoms with van der Waals surface area (Å²) in [4.78, 5) is 5.29. The second-order valence-corrected chi connectivity index (χ2v) is 33.1. The number of rotatable bonds is 10. The van der Waals surface area contributed by atoms with E-state index in [1.807, 2.05) is 24.3 Å². The summed E-state index contributed by atoms with van der Waals surface area (Å²) in [5, 5.41) is 26.8. The maximum absolute atomic E-state index is 11.0. The van der Waals surface area contributed by atoms with E-state index in [1.54, 1.807) is 0 Å². The summed E-state index contributed by atoms with van der Waals surface area (Å²) in [6.07, 6.45) is 0. The third-order valence-electron chi connectivity index (χ3n) is 23.2. The fraction of sp³-hybridized carbons (Fsp3) is 0.115. The standard InChI is InChI=1S/C104H81BN6/c1-102(2,3)76-46-42-70(43-47-76)85-56-74(68-28-12-10-13-29-68)58-87(72-32-24-26-66(54-72)64-106)100(85)110-95-62-79(108-91-38-20-16-34-81(91)82-35-17-21-39-92(82)108)50-52-89(95)105-90-53-51-80(109-93-40-22-18-36-83(93)84-37-19-23-41-94(84)109)63-96(90)111(98-61-78(104(7,8)9)60-97(110)99(98)105)101-86(71-44-48-77(49-45-71)103(4,5)6)57-75(69-30-14-11-15-31-69)59-88(101)73-33-25-27-67(55-73)65-107/h10-63H,1-9H3. The molecule has 0 bridgehead atoms. The maximum Gasteiger partial charge on any atom is 0.252 e. The van der Waals surface area contributed by atoms with Crippen LogP contribution in [0, 0.1) is 22.7 Å². The SMILES string of the molecule is CC(C)(C)c1ccc(-c2cc(-c3ccccc3)cc(-c3cccc(C#N)c3)c2N2c3cc(-n4c5ccccc5c5ccccc54)ccc3B3c4ccc(-n5c6ccccc6c6ccccc65)cc4N(c4c(-c5ccc(C(C)(C)C)cc5)cc(-c5ccccc5)cc4-c4cccc(C#N)c4)c4cc(C(C)(C)C)cc2c43)cc1. The molecule has 0 N–H and O–H groups in total. The molecule has 111 heavy (non-hydrogen) atoms. The topological polar surface area (TPSA) is 63.9 Å². The molecule has 0 radical (unpaired) electrons. The van der Waals surface area contributed by atoms with Crippen LogP contribution in [-0.2, 0) is 16.2 Å². The van der Waals surface area contributed by atoms with Crippen LogP contribution in [-0.4, -0.2) is 15.8 Å². The van der Waals surface area contributed by atoms with Crippen LogP contribution in [0.1, 0.15) is 90.1 Å². The highest BCUT2D eigenvalue weighted by atomic mass is 15.2. The Morgan fingerprint density at radius 3 is 0.928 bits per heavy atom. The van der Waals surface area contributed by atoms with E-state index < -0.39 is 5.41 Å². The molecular weight excluding hydrogens is 1340 g/mol.